The number of hydrogen-bond acceptors (Lipinski definition) is 8. The molecule has 0 fully saturated rings. The minimum atomic E-state index is -4.62. The van der Waals surface area contributed by atoms with Crippen LogP contribution in [0.15, 0.2) is 72.8 Å². The maximum Gasteiger partial charge on any atom is 2.00 e. The number of aryl methyl sites for hydroxylation is 8. The summed E-state index contributed by atoms with van der Waals surface area (Å²) < 4.78 is 49.5. The van der Waals surface area contributed by atoms with Crippen LogP contribution in [0.25, 0.3) is 0 Å². The number of benzene rings is 4. The number of phosphoric acid groups is 2. The molecule has 0 amide bonds. The normalized spacial score (nSPS) is 11.4. The van der Waals surface area contributed by atoms with Crippen LogP contribution in [0.2, 0.25) is 0 Å². The molecule has 0 saturated carbocycles. The predicted octanol–water partition coefficient (Wildman–Crippen LogP) is 15.6. The molecule has 4 aromatic carbocycles. The topological polar surface area (TPSA) is 117 Å². The van der Waals surface area contributed by atoms with Gasteiger partial charge in [0.25, 0.3) is 0 Å². The predicted molar refractivity (Wildman–Crippen MR) is 278 cm³/mol. The molecule has 0 bridgehead atoms. The van der Waals surface area contributed by atoms with E-state index in [1.54, 1.807) is 0 Å². The molecule has 0 unspecified atom stereocenters. The molecule has 0 saturated heterocycles. The van der Waals surface area contributed by atoms with E-state index >= 15 is 0 Å². The molecule has 0 radical (unpaired) electrons. The van der Waals surface area contributed by atoms with E-state index < -0.39 is 15.6 Å². The van der Waals surface area contributed by atoms with Crippen LogP contribution in [0.4, 0.5) is 0 Å². The van der Waals surface area contributed by atoms with E-state index in [1.807, 2.05) is 72.8 Å². The van der Waals surface area contributed by atoms with Crippen LogP contribution in [0.1, 0.15) is 203 Å². The standard InChI is InChI=1S/2C28H43O4P.Mg/c2*1-5-9-15-23-19-13-20-24(16-10-6-2)27(23)31-33(29,30)32-28-25(17-11-7-3)21-14-22-26(28)18-12-8-4;/h2*13-14,19-22H,5-12,15-18H2,1-4H3,(H,29,30);/q;;+2/p-2. The Bertz CT molecular complexity index is 1700. The second kappa shape index (κ2) is 33.7. The molecule has 0 aliphatic rings. The summed E-state index contributed by atoms with van der Waals surface area (Å²) in [5.41, 5.74) is 7.52. The average molecular weight is 972 g/mol. The molecule has 0 N–H and O–H groups in total. The largest absolute Gasteiger partial charge is 2.00 e. The first-order valence-corrected chi connectivity index (χ1v) is 28.7. The summed E-state index contributed by atoms with van der Waals surface area (Å²) in [6.45, 7) is 17.1. The fraction of sp³-hybridized carbons (Fsp3) is 0.571. The summed E-state index contributed by atoms with van der Waals surface area (Å²) in [7, 11) is -9.25. The van der Waals surface area contributed by atoms with Gasteiger partial charge in [0, 0.05) is 0 Å². The van der Waals surface area contributed by atoms with Gasteiger partial charge >= 0.3 is 38.7 Å². The fourth-order valence-corrected chi connectivity index (χ4v) is 9.93. The zero-order chi connectivity index (χ0) is 48.2. The Balaban J connectivity index is 0.000000453. The second-order valence-corrected chi connectivity index (χ2v) is 20.2. The number of unbranched alkanes of at least 4 members (excludes halogenated alkanes) is 8. The van der Waals surface area contributed by atoms with Gasteiger partial charge in [-0.25, -0.2) is 9.13 Å². The van der Waals surface area contributed by atoms with Gasteiger partial charge in [-0.3, -0.25) is 0 Å². The Morgan fingerprint density at radius 1 is 0.313 bits per heavy atom. The van der Waals surface area contributed by atoms with Crippen molar-refractivity contribution in [2.45, 2.75) is 209 Å². The van der Waals surface area contributed by atoms with Gasteiger partial charge in [0.15, 0.2) is 0 Å². The van der Waals surface area contributed by atoms with Crippen molar-refractivity contribution in [3.8, 4) is 23.0 Å². The Morgan fingerprint density at radius 3 is 0.567 bits per heavy atom. The van der Waals surface area contributed by atoms with Crippen LogP contribution in [0.3, 0.4) is 0 Å². The number of phosphoric ester groups is 2. The van der Waals surface area contributed by atoms with Gasteiger partial charge in [0.1, 0.15) is 23.0 Å². The summed E-state index contributed by atoms with van der Waals surface area (Å²) in [5, 5.41) is 0. The number of para-hydroxylation sites is 4. The van der Waals surface area contributed by atoms with Gasteiger partial charge < -0.3 is 27.9 Å². The maximum absolute atomic E-state index is 13.3. The van der Waals surface area contributed by atoms with Gasteiger partial charge in [-0.1, -0.05) is 180 Å². The Labute approximate surface area is 423 Å². The smallest absolute Gasteiger partial charge is 0.736 e. The summed E-state index contributed by atoms with van der Waals surface area (Å²) in [6.07, 6.45) is 22.5. The number of hydrogen-bond donors (Lipinski definition) is 0. The van der Waals surface area contributed by atoms with Crippen molar-refractivity contribution in [1.29, 1.82) is 0 Å². The van der Waals surface area contributed by atoms with E-state index in [0.717, 1.165) is 199 Å². The third-order valence-electron chi connectivity index (χ3n) is 11.9. The molecule has 0 spiro atoms. The molecule has 67 heavy (non-hydrogen) atoms. The van der Waals surface area contributed by atoms with E-state index in [2.05, 4.69) is 55.4 Å². The Morgan fingerprint density at radius 2 is 0.448 bits per heavy atom. The summed E-state index contributed by atoms with van der Waals surface area (Å²) >= 11 is 0. The summed E-state index contributed by atoms with van der Waals surface area (Å²) in [4.78, 5) is 26.5. The zero-order valence-corrected chi connectivity index (χ0v) is 46.0. The molecule has 8 nitrogen and oxygen atoms in total. The van der Waals surface area contributed by atoms with Gasteiger partial charge in [-0.2, -0.15) is 0 Å². The molecule has 0 aromatic heterocycles. The zero-order valence-electron chi connectivity index (χ0n) is 42.8. The van der Waals surface area contributed by atoms with E-state index in [4.69, 9.17) is 18.1 Å². The van der Waals surface area contributed by atoms with Crippen LogP contribution >= 0.6 is 15.6 Å². The van der Waals surface area contributed by atoms with Crippen molar-refractivity contribution in [2.24, 2.45) is 0 Å². The number of rotatable bonds is 32. The van der Waals surface area contributed by atoms with E-state index in [-0.39, 0.29) is 23.1 Å². The molecule has 0 heterocycles. The fourth-order valence-electron chi connectivity index (χ4n) is 8.02. The quantitative estimate of drug-likeness (QED) is 0.0351. The maximum atomic E-state index is 13.3. The van der Waals surface area contributed by atoms with Gasteiger partial charge in [-0.05, 0) is 147 Å². The molecular formula is C56H84MgO8P2. The monoisotopic (exact) mass is 971 g/mol. The molecule has 368 valence electrons. The van der Waals surface area contributed by atoms with Crippen molar-refractivity contribution in [1.82, 2.24) is 0 Å². The van der Waals surface area contributed by atoms with Crippen LogP contribution in [-0.2, 0) is 60.5 Å². The first-order chi connectivity index (χ1) is 31.9. The molecule has 4 rings (SSSR count). The van der Waals surface area contributed by atoms with Crippen LogP contribution in [0, 0.1) is 0 Å². The SMILES string of the molecule is CCCCc1cccc(CCCC)c1OP(=O)([O-])Oc1c(CCCC)cccc1CCCC.CCCCc1cccc(CCCC)c1OP(=O)([O-])Oc1c(CCCC)cccc1CCCC.[Mg+2]. The third kappa shape index (κ3) is 21.4. The van der Waals surface area contributed by atoms with Gasteiger partial charge in [-0.15, -0.1) is 0 Å². The van der Waals surface area contributed by atoms with Crippen molar-refractivity contribution >= 4 is 38.7 Å². The van der Waals surface area contributed by atoms with Crippen molar-refractivity contribution in [3.05, 3.63) is 117 Å². The minimum Gasteiger partial charge on any atom is -0.736 e. The Hall–Kier alpha value is -2.77. The minimum absolute atomic E-state index is 0. The van der Waals surface area contributed by atoms with Crippen LogP contribution in [-0.4, -0.2) is 23.1 Å². The summed E-state index contributed by atoms with van der Waals surface area (Å²) in [6, 6.07) is 23.8. The second-order valence-electron chi connectivity index (χ2n) is 17.7. The molecular weight excluding hydrogens is 887 g/mol. The van der Waals surface area contributed by atoms with Crippen molar-refractivity contribution in [3.63, 3.8) is 0 Å². The molecule has 11 heteroatoms. The molecule has 0 aliphatic carbocycles. The van der Waals surface area contributed by atoms with Crippen LogP contribution in [0.5, 0.6) is 23.0 Å². The van der Waals surface area contributed by atoms with E-state index in [0.29, 0.717) is 23.0 Å². The molecule has 0 atom stereocenters. The van der Waals surface area contributed by atoms with Gasteiger partial charge in [0.05, 0.1) is 0 Å². The molecule has 0 aliphatic heterocycles. The third-order valence-corrected chi connectivity index (χ3v) is 13.5. The molecule has 4 aromatic rings. The van der Waals surface area contributed by atoms with E-state index in [9.17, 15) is 18.9 Å². The Kier molecular flexibility index (Phi) is 30.4. The van der Waals surface area contributed by atoms with Gasteiger partial charge in [0.2, 0.25) is 0 Å². The van der Waals surface area contributed by atoms with Crippen LogP contribution < -0.4 is 27.9 Å². The summed E-state index contributed by atoms with van der Waals surface area (Å²) in [5.74, 6) is 1.88. The first-order valence-electron chi connectivity index (χ1n) is 25.7. The average Bonchev–Trinajstić information content (AvgIpc) is 3.30. The van der Waals surface area contributed by atoms with Crippen molar-refractivity contribution < 1.29 is 37.0 Å². The van der Waals surface area contributed by atoms with E-state index in [1.165, 1.54) is 0 Å². The van der Waals surface area contributed by atoms with Crippen molar-refractivity contribution in [2.75, 3.05) is 0 Å². The first kappa shape index (κ1) is 60.3.